The fourth-order valence-electron chi connectivity index (χ4n) is 4.28. The number of hydrogen-bond donors (Lipinski definition) is 1. The Morgan fingerprint density at radius 2 is 1.82 bits per heavy atom. The SMILES string of the molecule is Cc1cccc(N(C(=O)c2cnccn2)[C@@H](C(=O)NC2CCCCC2)c2ccc(F)cc2)c1. The van der Waals surface area contributed by atoms with Crippen LogP contribution in [0.25, 0.3) is 0 Å². The molecule has 6 nitrogen and oxygen atoms in total. The van der Waals surface area contributed by atoms with Gasteiger partial charge in [-0.25, -0.2) is 9.37 Å². The van der Waals surface area contributed by atoms with Gasteiger partial charge in [-0.1, -0.05) is 43.5 Å². The number of halogens is 1. The average molecular weight is 447 g/mol. The van der Waals surface area contributed by atoms with Gasteiger partial charge in [-0.2, -0.15) is 0 Å². The topological polar surface area (TPSA) is 75.2 Å². The third kappa shape index (κ3) is 5.42. The Labute approximate surface area is 192 Å². The van der Waals surface area contributed by atoms with Gasteiger partial charge in [-0.05, 0) is 55.2 Å². The minimum absolute atomic E-state index is 0.0557. The summed E-state index contributed by atoms with van der Waals surface area (Å²) in [6, 6.07) is 12.1. The number of rotatable bonds is 6. The van der Waals surface area contributed by atoms with Gasteiger partial charge >= 0.3 is 0 Å². The molecule has 33 heavy (non-hydrogen) atoms. The number of nitrogens with one attached hydrogen (secondary N) is 1. The van der Waals surface area contributed by atoms with Crippen LogP contribution in [0.15, 0.2) is 67.1 Å². The lowest BCUT2D eigenvalue weighted by Gasteiger charge is -2.33. The first-order valence-corrected chi connectivity index (χ1v) is 11.2. The summed E-state index contributed by atoms with van der Waals surface area (Å²) in [4.78, 5) is 37.0. The van der Waals surface area contributed by atoms with Gasteiger partial charge < -0.3 is 5.32 Å². The van der Waals surface area contributed by atoms with E-state index in [0.29, 0.717) is 11.3 Å². The van der Waals surface area contributed by atoms with Gasteiger partial charge in [0.1, 0.15) is 17.6 Å². The van der Waals surface area contributed by atoms with E-state index in [-0.39, 0.29) is 17.6 Å². The first-order chi connectivity index (χ1) is 16.0. The normalized spacial score (nSPS) is 15.0. The maximum absolute atomic E-state index is 13.7. The Bertz CT molecular complexity index is 1100. The number of anilines is 1. The maximum atomic E-state index is 13.7. The molecule has 1 saturated carbocycles. The molecule has 4 rings (SSSR count). The van der Waals surface area contributed by atoms with Crippen LogP contribution < -0.4 is 10.2 Å². The highest BCUT2D eigenvalue weighted by Gasteiger charge is 2.35. The Kier molecular flexibility index (Phi) is 7.07. The summed E-state index contributed by atoms with van der Waals surface area (Å²) in [6.45, 7) is 1.92. The highest BCUT2D eigenvalue weighted by atomic mass is 19.1. The number of aromatic nitrogens is 2. The number of aryl methyl sites for hydroxylation is 1. The van der Waals surface area contributed by atoms with Gasteiger partial charge in [0.2, 0.25) is 5.91 Å². The molecule has 0 spiro atoms. The van der Waals surface area contributed by atoms with Crippen LogP contribution >= 0.6 is 0 Å². The van der Waals surface area contributed by atoms with Gasteiger partial charge in [0.15, 0.2) is 0 Å². The molecule has 1 fully saturated rings. The highest BCUT2D eigenvalue weighted by Crippen LogP contribution is 2.31. The average Bonchev–Trinajstić information content (AvgIpc) is 2.84. The molecule has 1 aliphatic carbocycles. The Hall–Kier alpha value is -3.61. The van der Waals surface area contributed by atoms with Crippen LogP contribution in [0.4, 0.5) is 10.1 Å². The molecule has 3 aromatic rings. The Morgan fingerprint density at radius 3 is 2.48 bits per heavy atom. The summed E-state index contributed by atoms with van der Waals surface area (Å²) in [5, 5.41) is 3.14. The Balaban J connectivity index is 1.80. The monoisotopic (exact) mass is 446 g/mol. The lowest BCUT2D eigenvalue weighted by atomic mass is 9.94. The second kappa shape index (κ2) is 10.3. The number of benzene rings is 2. The zero-order valence-electron chi connectivity index (χ0n) is 18.6. The molecule has 0 aliphatic heterocycles. The quantitative estimate of drug-likeness (QED) is 0.592. The first kappa shape index (κ1) is 22.6. The predicted molar refractivity (Wildman–Crippen MR) is 124 cm³/mol. The summed E-state index contributed by atoms with van der Waals surface area (Å²) in [7, 11) is 0. The lowest BCUT2D eigenvalue weighted by Crippen LogP contribution is -2.47. The third-order valence-corrected chi connectivity index (χ3v) is 5.92. The molecule has 0 unspecified atom stereocenters. The van der Waals surface area contributed by atoms with Crippen molar-refractivity contribution in [2.75, 3.05) is 4.90 Å². The second-order valence-electron chi connectivity index (χ2n) is 8.40. The molecule has 0 saturated heterocycles. The van der Waals surface area contributed by atoms with Crippen molar-refractivity contribution in [3.05, 3.63) is 89.8 Å². The van der Waals surface area contributed by atoms with E-state index in [1.807, 2.05) is 25.1 Å². The number of amides is 2. The maximum Gasteiger partial charge on any atom is 0.279 e. The molecule has 7 heteroatoms. The van der Waals surface area contributed by atoms with Crippen LogP contribution in [-0.4, -0.2) is 27.8 Å². The van der Waals surface area contributed by atoms with Crippen molar-refractivity contribution in [3.8, 4) is 0 Å². The van der Waals surface area contributed by atoms with E-state index in [9.17, 15) is 14.0 Å². The summed E-state index contributed by atoms with van der Waals surface area (Å²) in [5.74, 6) is -1.17. The standard InChI is InChI=1S/C26H27FN4O2/c1-18-6-5-9-22(16-18)31(26(33)23-17-28-14-15-29-23)24(19-10-12-20(27)13-11-19)25(32)30-21-7-3-2-4-8-21/h5-6,9-17,21,24H,2-4,7-8H2,1H3,(H,30,32)/t24-/m1/s1. The molecule has 1 N–H and O–H groups in total. The molecular weight excluding hydrogens is 419 g/mol. The summed E-state index contributed by atoms with van der Waals surface area (Å²) in [6.07, 6.45) is 9.41. The largest absolute Gasteiger partial charge is 0.351 e. The molecule has 2 amide bonds. The molecule has 170 valence electrons. The second-order valence-corrected chi connectivity index (χ2v) is 8.40. The molecule has 1 aromatic heterocycles. The first-order valence-electron chi connectivity index (χ1n) is 11.2. The summed E-state index contributed by atoms with van der Waals surface area (Å²) in [5.41, 5.74) is 2.13. The van der Waals surface area contributed by atoms with Crippen LogP contribution in [0, 0.1) is 12.7 Å². The van der Waals surface area contributed by atoms with Gasteiger partial charge in [0.25, 0.3) is 5.91 Å². The van der Waals surface area contributed by atoms with Gasteiger partial charge in [0.05, 0.1) is 6.20 Å². The summed E-state index contributed by atoms with van der Waals surface area (Å²) < 4.78 is 13.7. The van der Waals surface area contributed by atoms with Crippen molar-refractivity contribution in [1.29, 1.82) is 0 Å². The van der Waals surface area contributed by atoms with E-state index < -0.39 is 17.8 Å². The third-order valence-electron chi connectivity index (χ3n) is 5.92. The molecule has 0 bridgehead atoms. The van der Waals surface area contributed by atoms with Crippen LogP contribution in [0.3, 0.4) is 0 Å². The molecular formula is C26H27FN4O2. The number of carbonyl (C=O) groups is 2. The van der Waals surface area contributed by atoms with Crippen molar-refractivity contribution in [2.24, 2.45) is 0 Å². The van der Waals surface area contributed by atoms with Gasteiger partial charge in [-0.15, -0.1) is 0 Å². The van der Waals surface area contributed by atoms with Crippen LogP contribution in [0.5, 0.6) is 0 Å². The molecule has 1 aliphatic rings. The predicted octanol–water partition coefficient (Wildman–Crippen LogP) is 4.76. The number of nitrogens with zero attached hydrogens (tertiary/aromatic N) is 3. The van der Waals surface area contributed by atoms with Gasteiger partial charge in [0, 0.05) is 24.1 Å². The van der Waals surface area contributed by atoms with E-state index in [1.54, 1.807) is 18.2 Å². The smallest absolute Gasteiger partial charge is 0.279 e. The fraction of sp³-hybridized carbons (Fsp3) is 0.308. The molecule has 2 aromatic carbocycles. The van der Waals surface area contributed by atoms with Crippen molar-refractivity contribution in [2.45, 2.75) is 51.1 Å². The molecule has 0 radical (unpaired) electrons. The zero-order chi connectivity index (χ0) is 23.2. The summed E-state index contributed by atoms with van der Waals surface area (Å²) >= 11 is 0. The van der Waals surface area contributed by atoms with E-state index in [0.717, 1.165) is 37.7 Å². The highest BCUT2D eigenvalue weighted by molar-refractivity contribution is 6.09. The molecule has 1 atom stereocenters. The van der Waals surface area contributed by atoms with E-state index in [2.05, 4.69) is 15.3 Å². The van der Waals surface area contributed by atoms with Crippen molar-refractivity contribution in [1.82, 2.24) is 15.3 Å². The van der Waals surface area contributed by atoms with Gasteiger partial charge in [-0.3, -0.25) is 19.5 Å². The van der Waals surface area contributed by atoms with E-state index in [4.69, 9.17) is 0 Å². The Morgan fingerprint density at radius 1 is 1.06 bits per heavy atom. The lowest BCUT2D eigenvalue weighted by molar-refractivity contribution is -0.123. The van der Waals surface area contributed by atoms with Crippen LogP contribution in [0.2, 0.25) is 0 Å². The fourth-order valence-corrected chi connectivity index (χ4v) is 4.28. The van der Waals surface area contributed by atoms with Crippen molar-refractivity contribution in [3.63, 3.8) is 0 Å². The minimum Gasteiger partial charge on any atom is -0.351 e. The van der Waals surface area contributed by atoms with E-state index in [1.165, 1.54) is 35.6 Å². The minimum atomic E-state index is -0.996. The van der Waals surface area contributed by atoms with Crippen molar-refractivity contribution >= 4 is 17.5 Å². The van der Waals surface area contributed by atoms with Crippen LogP contribution in [-0.2, 0) is 4.79 Å². The number of carbonyl (C=O) groups excluding carboxylic acids is 2. The van der Waals surface area contributed by atoms with Crippen molar-refractivity contribution < 1.29 is 14.0 Å². The van der Waals surface area contributed by atoms with Crippen LogP contribution in [0.1, 0.15) is 59.8 Å². The number of hydrogen-bond acceptors (Lipinski definition) is 4. The molecule has 1 heterocycles. The zero-order valence-corrected chi connectivity index (χ0v) is 18.6. The van der Waals surface area contributed by atoms with E-state index >= 15 is 0 Å².